The van der Waals surface area contributed by atoms with Gasteiger partial charge in [-0.25, -0.2) is 0 Å². The fraction of sp³-hybridized carbons (Fsp3) is 0.333. The molecule has 1 aliphatic rings. The van der Waals surface area contributed by atoms with Crippen LogP contribution in [0.15, 0.2) is 30.3 Å². The number of nitrogens with two attached hydrogens (primary N) is 3. The number of hydrogen-bond acceptors (Lipinski definition) is 4. The molecule has 0 amide bonds. The van der Waals surface area contributed by atoms with Crippen LogP contribution >= 0.6 is 0 Å². The van der Waals surface area contributed by atoms with Crippen molar-refractivity contribution in [1.29, 1.82) is 0 Å². The van der Waals surface area contributed by atoms with Crippen LogP contribution in [0.1, 0.15) is 5.56 Å². The minimum Gasteiger partial charge on any atom is -0.381 e. The van der Waals surface area contributed by atoms with Gasteiger partial charge in [0.15, 0.2) is 0 Å². The van der Waals surface area contributed by atoms with Crippen LogP contribution in [0.4, 0.5) is 5.69 Å². The van der Waals surface area contributed by atoms with Gasteiger partial charge >= 0.3 is 0 Å². The molecule has 0 spiro atoms. The van der Waals surface area contributed by atoms with Crippen molar-refractivity contribution in [3.05, 3.63) is 35.9 Å². The summed E-state index contributed by atoms with van der Waals surface area (Å²) in [4.78, 5) is 0. The Morgan fingerprint density at radius 3 is 2.06 bits per heavy atom. The lowest BCUT2D eigenvalue weighted by Crippen LogP contribution is -2.03. The van der Waals surface area contributed by atoms with Crippen molar-refractivity contribution in [1.82, 2.24) is 0 Å². The summed E-state index contributed by atoms with van der Waals surface area (Å²) in [6.45, 7) is 0.955. The van der Waals surface area contributed by atoms with Crippen LogP contribution in [0, 0.1) is 0 Å². The lowest BCUT2D eigenvalue weighted by molar-refractivity contribution is 1.31. The molecule has 1 aliphatic heterocycles. The van der Waals surface area contributed by atoms with E-state index in [0.29, 0.717) is 0 Å². The molecule has 1 heterocycles. The third-order valence-corrected chi connectivity index (χ3v) is 1.67. The highest BCUT2D eigenvalue weighted by atomic mass is 14.9. The second kappa shape index (κ2) is 13.6. The van der Waals surface area contributed by atoms with E-state index in [0.717, 1.165) is 6.54 Å². The molecule has 0 saturated heterocycles. The molecule has 7 N–H and O–H groups in total. The first kappa shape index (κ1) is 17.0. The van der Waals surface area contributed by atoms with E-state index < -0.39 is 0 Å². The number of nitrogens with one attached hydrogen (secondary N) is 1. The van der Waals surface area contributed by atoms with Crippen molar-refractivity contribution in [2.24, 2.45) is 17.2 Å². The van der Waals surface area contributed by atoms with Crippen LogP contribution in [0.2, 0.25) is 0 Å². The summed E-state index contributed by atoms with van der Waals surface area (Å²) in [7, 11) is 4.50. The van der Waals surface area contributed by atoms with E-state index in [1.54, 1.807) is 0 Å². The molecule has 0 aliphatic carbocycles. The zero-order valence-electron chi connectivity index (χ0n) is 10.4. The highest BCUT2D eigenvalue weighted by Gasteiger charge is 1.98. The average Bonchev–Trinajstić information content (AvgIpc) is 2.45. The topological polar surface area (TPSA) is 90.1 Å². The summed E-state index contributed by atoms with van der Waals surface area (Å²) < 4.78 is 0. The van der Waals surface area contributed by atoms with Crippen molar-refractivity contribution < 1.29 is 0 Å². The van der Waals surface area contributed by atoms with Crippen molar-refractivity contribution in [2.45, 2.75) is 0 Å². The standard InChI is InChI=1S/C9H9N.3CH5N/c1-2-6-9-8(4-1)5-3-7-10-9;3*1-2/h1-6,10H,7H2;3*2H2,1H3. The molecule has 0 fully saturated rings. The smallest absolute Gasteiger partial charge is 0.0416 e. The Hall–Kier alpha value is -1.36. The van der Waals surface area contributed by atoms with Gasteiger partial charge in [-0.1, -0.05) is 30.4 Å². The lowest BCUT2D eigenvalue weighted by Gasteiger charge is -2.11. The van der Waals surface area contributed by atoms with Crippen LogP contribution in [0.25, 0.3) is 6.08 Å². The van der Waals surface area contributed by atoms with Gasteiger partial charge in [0.2, 0.25) is 0 Å². The number of hydrogen-bond donors (Lipinski definition) is 4. The van der Waals surface area contributed by atoms with Gasteiger partial charge in [0.1, 0.15) is 0 Å². The molecule has 1 aromatic rings. The van der Waals surface area contributed by atoms with E-state index >= 15 is 0 Å². The summed E-state index contributed by atoms with van der Waals surface area (Å²) in [5.41, 5.74) is 16.0. The van der Waals surface area contributed by atoms with Gasteiger partial charge in [-0.15, -0.1) is 0 Å². The molecule has 4 nitrogen and oxygen atoms in total. The number of para-hydroxylation sites is 1. The summed E-state index contributed by atoms with van der Waals surface area (Å²) in [5, 5.41) is 3.28. The molecule has 1 aromatic carbocycles. The van der Waals surface area contributed by atoms with Crippen molar-refractivity contribution >= 4 is 11.8 Å². The van der Waals surface area contributed by atoms with Gasteiger partial charge in [0, 0.05) is 12.2 Å². The molecular formula is C12H24N4. The molecule has 0 radical (unpaired) electrons. The first-order valence-electron chi connectivity index (χ1n) is 5.19. The molecule has 0 saturated carbocycles. The monoisotopic (exact) mass is 224 g/mol. The normalized spacial score (nSPS) is 9.88. The predicted octanol–water partition coefficient (Wildman–Crippen LogP) is 0.850. The Bertz CT molecular complexity index is 271. The van der Waals surface area contributed by atoms with Crippen molar-refractivity contribution in [3.63, 3.8) is 0 Å². The number of rotatable bonds is 0. The molecule has 0 unspecified atom stereocenters. The van der Waals surface area contributed by atoms with Gasteiger partial charge < -0.3 is 22.5 Å². The van der Waals surface area contributed by atoms with Gasteiger partial charge in [-0.2, -0.15) is 0 Å². The molecular weight excluding hydrogens is 200 g/mol. The fourth-order valence-corrected chi connectivity index (χ4v) is 1.16. The SMILES string of the molecule is C1=Cc2ccccc2NC1.CN.CN.CN. The van der Waals surface area contributed by atoms with Crippen LogP contribution in [0.3, 0.4) is 0 Å². The second-order valence-corrected chi connectivity index (χ2v) is 2.37. The minimum atomic E-state index is 0.955. The van der Waals surface area contributed by atoms with Gasteiger partial charge in [-0.05, 0) is 32.8 Å². The average molecular weight is 224 g/mol. The van der Waals surface area contributed by atoms with Crippen LogP contribution in [0.5, 0.6) is 0 Å². The molecule has 2 rings (SSSR count). The van der Waals surface area contributed by atoms with Crippen LogP contribution < -0.4 is 22.5 Å². The molecule has 4 heteroatoms. The van der Waals surface area contributed by atoms with Crippen LogP contribution in [-0.2, 0) is 0 Å². The van der Waals surface area contributed by atoms with E-state index in [2.05, 4.69) is 52.9 Å². The van der Waals surface area contributed by atoms with Gasteiger partial charge in [0.25, 0.3) is 0 Å². The highest BCUT2D eigenvalue weighted by Crippen LogP contribution is 2.18. The van der Waals surface area contributed by atoms with Crippen molar-refractivity contribution in [3.8, 4) is 0 Å². The predicted molar refractivity (Wildman–Crippen MR) is 74.3 cm³/mol. The summed E-state index contributed by atoms with van der Waals surface area (Å²) >= 11 is 0. The quantitative estimate of drug-likeness (QED) is 0.526. The van der Waals surface area contributed by atoms with Gasteiger partial charge in [-0.3, -0.25) is 0 Å². The molecule has 0 bridgehead atoms. The summed E-state index contributed by atoms with van der Waals surface area (Å²) in [6.07, 6.45) is 4.27. The highest BCUT2D eigenvalue weighted by molar-refractivity contribution is 5.69. The minimum absolute atomic E-state index is 0.955. The fourth-order valence-electron chi connectivity index (χ4n) is 1.16. The maximum Gasteiger partial charge on any atom is 0.0416 e. The molecule has 0 aromatic heterocycles. The van der Waals surface area contributed by atoms with E-state index in [1.165, 1.54) is 32.4 Å². The van der Waals surface area contributed by atoms with E-state index in [-0.39, 0.29) is 0 Å². The lowest BCUT2D eigenvalue weighted by atomic mass is 10.1. The third-order valence-electron chi connectivity index (χ3n) is 1.67. The van der Waals surface area contributed by atoms with Crippen molar-refractivity contribution in [2.75, 3.05) is 33.0 Å². The Morgan fingerprint density at radius 1 is 0.938 bits per heavy atom. The first-order chi connectivity index (χ1) is 7.97. The van der Waals surface area contributed by atoms with Crippen LogP contribution in [-0.4, -0.2) is 27.7 Å². The Labute approximate surface area is 98.5 Å². The number of fused-ring (bicyclic) bond motifs is 1. The Balaban J connectivity index is 0. The first-order valence-corrected chi connectivity index (χ1v) is 5.19. The zero-order valence-corrected chi connectivity index (χ0v) is 10.4. The maximum absolute atomic E-state index is 4.50. The maximum atomic E-state index is 4.50. The third kappa shape index (κ3) is 6.19. The summed E-state index contributed by atoms with van der Waals surface area (Å²) in [6, 6.07) is 8.30. The number of anilines is 1. The molecule has 0 atom stereocenters. The second-order valence-electron chi connectivity index (χ2n) is 2.37. The van der Waals surface area contributed by atoms with E-state index in [9.17, 15) is 0 Å². The van der Waals surface area contributed by atoms with E-state index in [1.807, 2.05) is 6.07 Å². The molecule has 16 heavy (non-hydrogen) atoms. The van der Waals surface area contributed by atoms with E-state index in [4.69, 9.17) is 0 Å². The summed E-state index contributed by atoms with van der Waals surface area (Å²) in [5.74, 6) is 0. The Morgan fingerprint density at radius 2 is 1.50 bits per heavy atom. The largest absolute Gasteiger partial charge is 0.381 e. The molecule has 92 valence electrons. The Kier molecular flexibility index (Phi) is 14.5. The van der Waals surface area contributed by atoms with Gasteiger partial charge in [0.05, 0.1) is 0 Å². The number of benzene rings is 1. The zero-order chi connectivity index (χ0) is 12.8.